The van der Waals surface area contributed by atoms with Gasteiger partial charge in [0.25, 0.3) is 0 Å². The summed E-state index contributed by atoms with van der Waals surface area (Å²) in [6.45, 7) is 11.4. The van der Waals surface area contributed by atoms with E-state index in [9.17, 15) is 9.59 Å². The summed E-state index contributed by atoms with van der Waals surface area (Å²) in [7, 11) is 4.64. The maximum Gasteiger partial charge on any atom is 0.246 e. The molecule has 0 aliphatic carbocycles. The molecule has 4 atom stereocenters. The van der Waals surface area contributed by atoms with Crippen molar-refractivity contribution in [3.05, 3.63) is 90.1 Å². The van der Waals surface area contributed by atoms with Gasteiger partial charge in [0.1, 0.15) is 17.9 Å². The zero-order chi connectivity index (χ0) is 46.5. The van der Waals surface area contributed by atoms with Gasteiger partial charge in [0, 0.05) is 43.2 Å². The normalized spacial score (nSPS) is 18.0. The number of carbonyl (C=O) groups excluding carboxylic acids is 2. The van der Waals surface area contributed by atoms with Crippen LogP contribution in [0.3, 0.4) is 0 Å². The standard InChI is InChI=1S/C50H61N11O5/c1-9-36-25-41(64-6)55-49(53-36)58-45(30(4)5)48(63)61-23-11-13-40(61)46-52-28-38(54-46)34-20-18-32(19-21-34)31-14-16-33(17-15-31)35-24-37(51-27-35)39-12-10-22-60(39)47(62)44(29(2)3)59-50-56-42(65-7)26-43(57-50)66-8/h14-21,25-30,39-40,44-45H,9-13,22-24H2,1-8H3,(H,52,54)(H,53,55,58)(H,56,57,59)/t39-,40-,44-,45-/m0/s1. The number of imidazole rings is 1. The Morgan fingerprint density at radius 2 is 1.20 bits per heavy atom. The van der Waals surface area contributed by atoms with Gasteiger partial charge >= 0.3 is 0 Å². The third kappa shape index (κ3) is 9.87. The molecule has 16 nitrogen and oxygen atoms in total. The number of hydrogen-bond donors (Lipinski definition) is 3. The van der Waals surface area contributed by atoms with Crippen LogP contribution in [0.1, 0.15) is 89.8 Å². The molecule has 3 aromatic heterocycles. The fourth-order valence-corrected chi connectivity index (χ4v) is 9.05. The molecule has 2 saturated heterocycles. The highest BCUT2D eigenvalue weighted by Gasteiger charge is 2.39. The number of H-pyrrole nitrogens is 1. The number of aryl methyl sites for hydroxylation is 1. The number of aromatic nitrogens is 6. The number of amides is 2. The van der Waals surface area contributed by atoms with E-state index >= 15 is 0 Å². The van der Waals surface area contributed by atoms with Crippen LogP contribution in [0.5, 0.6) is 17.6 Å². The Morgan fingerprint density at radius 1 is 0.697 bits per heavy atom. The molecule has 0 unspecified atom stereocenters. The molecule has 0 spiro atoms. The molecule has 8 rings (SSSR count). The summed E-state index contributed by atoms with van der Waals surface area (Å²) in [6.07, 6.45) is 8.71. The number of ether oxygens (including phenoxy) is 3. The lowest BCUT2D eigenvalue weighted by Crippen LogP contribution is -2.49. The average Bonchev–Trinajstić information content (AvgIpc) is 4.19. The predicted molar refractivity (Wildman–Crippen MR) is 256 cm³/mol. The second-order valence-corrected chi connectivity index (χ2v) is 17.8. The first-order valence-electron chi connectivity index (χ1n) is 23.0. The highest BCUT2D eigenvalue weighted by molar-refractivity contribution is 6.04. The smallest absolute Gasteiger partial charge is 0.246 e. The number of likely N-dealkylation sites (tertiary alicyclic amines) is 2. The fraction of sp³-hybridized carbons (Fsp3) is 0.440. The number of nitrogens with one attached hydrogen (secondary N) is 3. The molecule has 5 aromatic rings. The van der Waals surface area contributed by atoms with Gasteiger partial charge in [-0.1, -0.05) is 83.1 Å². The van der Waals surface area contributed by atoms with Crippen molar-refractivity contribution in [3.63, 3.8) is 0 Å². The highest BCUT2D eigenvalue weighted by atomic mass is 16.5. The van der Waals surface area contributed by atoms with Gasteiger partial charge in [0.2, 0.25) is 41.4 Å². The number of aliphatic imine (C=N–C) groups is 1. The van der Waals surface area contributed by atoms with Crippen molar-refractivity contribution in [2.24, 2.45) is 16.8 Å². The first-order chi connectivity index (χ1) is 32.0. The van der Waals surface area contributed by atoms with Gasteiger partial charge < -0.3 is 39.6 Å². The van der Waals surface area contributed by atoms with Crippen LogP contribution in [-0.2, 0) is 16.0 Å². The Bertz CT molecular complexity index is 2530. The molecule has 66 heavy (non-hydrogen) atoms. The van der Waals surface area contributed by atoms with Crippen molar-refractivity contribution in [2.75, 3.05) is 45.1 Å². The molecule has 3 aliphatic rings. The van der Waals surface area contributed by atoms with Crippen molar-refractivity contribution in [3.8, 4) is 40.0 Å². The van der Waals surface area contributed by atoms with Gasteiger partial charge in [-0.15, -0.1) is 0 Å². The van der Waals surface area contributed by atoms with E-state index in [4.69, 9.17) is 24.2 Å². The van der Waals surface area contributed by atoms with Crippen LogP contribution in [0.4, 0.5) is 11.9 Å². The van der Waals surface area contributed by atoms with Gasteiger partial charge in [0.15, 0.2) is 0 Å². The third-order valence-corrected chi connectivity index (χ3v) is 12.8. The van der Waals surface area contributed by atoms with Crippen molar-refractivity contribution in [1.29, 1.82) is 0 Å². The van der Waals surface area contributed by atoms with Crippen molar-refractivity contribution >= 4 is 35.0 Å². The predicted octanol–water partition coefficient (Wildman–Crippen LogP) is 8.03. The summed E-state index contributed by atoms with van der Waals surface area (Å²) in [5.74, 6) is 2.59. The maximum atomic E-state index is 14.1. The summed E-state index contributed by atoms with van der Waals surface area (Å²) in [5.41, 5.74) is 8.20. The van der Waals surface area contributed by atoms with E-state index in [1.54, 1.807) is 13.2 Å². The second-order valence-electron chi connectivity index (χ2n) is 17.8. The Hall–Kier alpha value is -6.84. The number of allylic oxidation sites excluding steroid dienone is 1. The summed E-state index contributed by atoms with van der Waals surface area (Å²) in [5, 5.41) is 6.59. The number of benzene rings is 2. The van der Waals surface area contributed by atoms with E-state index in [0.29, 0.717) is 43.1 Å². The number of methoxy groups -OCH3 is 3. The SMILES string of the molecule is CCc1cc(OC)nc(N[C@H](C(=O)N2CCC[C@H]2c2ncc(-c3ccc(-c4ccc(C5=CN=C([C@@H]6CCCN6C(=O)[C@@H](Nc6nc(OC)cc(OC)n6)C(C)C)C5)cc4)cc3)[nH]2)C(C)C)n1. The van der Waals surface area contributed by atoms with Crippen LogP contribution in [0, 0.1) is 11.8 Å². The zero-order valence-corrected chi connectivity index (χ0v) is 39.2. The number of nitrogens with zero attached hydrogens (tertiary/aromatic N) is 8. The second kappa shape index (κ2) is 20.1. The molecule has 2 aromatic carbocycles. The van der Waals surface area contributed by atoms with Crippen LogP contribution in [0.25, 0.3) is 28.0 Å². The van der Waals surface area contributed by atoms with Crippen molar-refractivity contribution in [1.82, 2.24) is 39.7 Å². The van der Waals surface area contributed by atoms with E-state index in [1.807, 2.05) is 62.9 Å². The van der Waals surface area contributed by atoms with E-state index in [0.717, 1.165) is 82.9 Å². The van der Waals surface area contributed by atoms with Gasteiger partial charge in [-0.2, -0.15) is 15.0 Å². The number of carbonyl (C=O) groups is 2. The van der Waals surface area contributed by atoms with Crippen molar-refractivity contribution in [2.45, 2.75) is 97.3 Å². The Balaban J connectivity index is 0.883. The first-order valence-corrected chi connectivity index (χ1v) is 23.0. The number of aromatic amines is 1. The van der Waals surface area contributed by atoms with Crippen molar-refractivity contribution < 1.29 is 23.8 Å². The van der Waals surface area contributed by atoms with Gasteiger partial charge in [-0.3, -0.25) is 14.6 Å². The summed E-state index contributed by atoms with van der Waals surface area (Å²) >= 11 is 0. The molecule has 6 heterocycles. The van der Waals surface area contributed by atoms with Crippen LogP contribution in [0.15, 0.2) is 78.1 Å². The third-order valence-electron chi connectivity index (χ3n) is 12.8. The quantitative estimate of drug-likeness (QED) is 0.0818. The van der Waals surface area contributed by atoms with E-state index in [1.165, 1.54) is 14.2 Å². The van der Waals surface area contributed by atoms with E-state index < -0.39 is 12.1 Å². The molecule has 16 heteroatoms. The topological polar surface area (TPSA) is 185 Å². The summed E-state index contributed by atoms with van der Waals surface area (Å²) in [4.78, 5) is 63.3. The Morgan fingerprint density at radius 3 is 1.74 bits per heavy atom. The molecule has 0 saturated carbocycles. The monoisotopic (exact) mass is 895 g/mol. The highest BCUT2D eigenvalue weighted by Crippen LogP contribution is 2.35. The molecular weight excluding hydrogens is 835 g/mol. The lowest BCUT2D eigenvalue weighted by molar-refractivity contribution is -0.134. The fourth-order valence-electron chi connectivity index (χ4n) is 9.05. The minimum atomic E-state index is -0.543. The molecule has 3 aliphatic heterocycles. The lowest BCUT2D eigenvalue weighted by atomic mass is 9.95. The molecule has 2 amide bonds. The maximum absolute atomic E-state index is 14.1. The van der Waals surface area contributed by atoms with E-state index in [-0.39, 0.29) is 41.7 Å². The van der Waals surface area contributed by atoms with Crippen LogP contribution < -0.4 is 24.8 Å². The summed E-state index contributed by atoms with van der Waals surface area (Å²) < 4.78 is 16.0. The Kier molecular flexibility index (Phi) is 13.9. The molecule has 0 radical (unpaired) electrons. The van der Waals surface area contributed by atoms with Crippen LogP contribution in [-0.4, -0.2) is 110 Å². The van der Waals surface area contributed by atoms with Gasteiger partial charge in [-0.05, 0) is 71.8 Å². The lowest BCUT2D eigenvalue weighted by Gasteiger charge is -2.31. The molecule has 2 fully saturated rings. The minimum absolute atomic E-state index is 0.000732. The van der Waals surface area contributed by atoms with Gasteiger partial charge in [-0.25, -0.2) is 9.97 Å². The molecule has 3 N–H and O–H groups in total. The molecule has 346 valence electrons. The van der Waals surface area contributed by atoms with Crippen LogP contribution in [0.2, 0.25) is 0 Å². The molecular formula is C50H61N11O5. The average molecular weight is 896 g/mol. The Labute approximate surface area is 386 Å². The number of hydrogen-bond acceptors (Lipinski definition) is 13. The van der Waals surface area contributed by atoms with Crippen LogP contribution >= 0.6 is 0 Å². The first kappa shape index (κ1) is 45.7. The largest absolute Gasteiger partial charge is 0.481 e. The van der Waals surface area contributed by atoms with E-state index in [2.05, 4.69) is 84.1 Å². The number of anilines is 2. The minimum Gasteiger partial charge on any atom is -0.481 e. The summed E-state index contributed by atoms with van der Waals surface area (Å²) in [6, 6.07) is 19.1. The zero-order valence-electron chi connectivity index (χ0n) is 39.2. The molecule has 0 bridgehead atoms. The van der Waals surface area contributed by atoms with Gasteiger partial charge in [0.05, 0.1) is 51.4 Å². The number of rotatable bonds is 17.